The second kappa shape index (κ2) is 9.19. The number of aromatic nitrogens is 2. The van der Waals surface area contributed by atoms with Crippen molar-refractivity contribution in [1.82, 2.24) is 14.9 Å². The number of likely N-dealkylation sites (tertiary alicyclic amines) is 1. The lowest BCUT2D eigenvalue weighted by molar-refractivity contribution is -0.137. The van der Waals surface area contributed by atoms with E-state index in [1.807, 2.05) is 0 Å². The molecule has 32 heavy (non-hydrogen) atoms. The number of nitrogens with two attached hydrogens (primary N) is 1. The van der Waals surface area contributed by atoms with Gasteiger partial charge in [-0.2, -0.15) is 13.2 Å². The van der Waals surface area contributed by atoms with Gasteiger partial charge in [-0.3, -0.25) is 9.69 Å². The number of alkyl halides is 3. The van der Waals surface area contributed by atoms with Crippen LogP contribution in [0.3, 0.4) is 0 Å². The highest BCUT2D eigenvalue weighted by molar-refractivity contribution is 5.92. The first-order valence-electron chi connectivity index (χ1n) is 11.0. The number of primary amides is 1. The molecule has 1 amide bonds. The molecule has 1 aliphatic carbocycles. The molecular formula is C22H28F3N5O2. The van der Waals surface area contributed by atoms with Gasteiger partial charge >= 0.3 is 6.18 Å². The summed E-state index contributed by atoms with van der Waals surface area (Å²) in [6, 6.07) is 3.75. The van der Waals surface area contributed by atoms with E-state index in [0.29, 0.717) is 36.4 Å². The molecular weight excluding hydrogens is 423 g/mol. The van der Waals surface area contributed by atoms with Crippen molar-refractivity contribution in [3.05, 3.63) is 30.1 Å². The summed E-state index contributed by atoms with van der Waals surface area (Å²) in [7, 11) is 0. The molecule has 1 saturated heterocycles. The van der Waals surface area contributed by atoms with Crippen LogP contribution in [0.5, 0.6) is 0 Å². The summed E-state index contributed by atoms with van der Waals surface area (Å²) in [6.45, 7) is 1.51. The third kappa shape index (κ3) is 4.80. The smallest absolute Gasteiger partial charge is 0.396 e. The van der Waals surface area contributed by atoms with E-state index in [1.165, 1.54) is 12.4 Å². The standard InChI is InChI=1S/C22H28F3N5O2/c23-22(24,25)15-3-6-19-18(9-15)21(28-13-27-19)30(12-20(26)32)17-10-29(11-17)16-4-1-14(2-5-16)7-8-31/h3,6,9,13-14,16-17,31H,1-2,4-5,7-8,10-12H2,(H2,26,32). The highest BCUT2D eigenvalue weighted by Gasteiger charge is 2.39. The molecule has 7 nitrogen and oxygen atoms in total. The molecule has 4 rings (SSSR count). The molecule has 10 heteroatoms. The van der Waals surface area contributed by atoms with Gasteiger partial charge in [0.15, 0.2) is 0 Å². The molecule has 0 unspecified atom stereocenters. The third-order valence-corrected chi connectivity index (χ3v) is 6.74. The maximum atomic E-state index is 13.3. The summed E-state index contributed by atoms with van der Waals surface area (Å²) in [5, 5.41) is 9.39. The molecule has 1 aliphatic heterocycles. The molecule has 0 radical (unpaired) electrons. The van der Waals surface area contributed by atoms with E-state index in [9.17, 15) is 18.0 Å². The highest BCUT2D eigenvalue weighted by Crippen LogP contribution is 2.36. The number of benzene rings is 1. The lowest BCUT2D eigenvalue weighted by Gasteiger charge is -2.50. The van der Waals surface area contributed by atoms with Crippen molar-refractivity contribution in [2.45, 2.75) is 50.4 Å². The van der Waals surface area contributed by atoms with Gasteiger partial charge in [-0.25, -0.2) is 9.97 Å². The Kier molecular flexibility index (Phi) is 6.52. The van der Waals surface area contributed by atoms with Gasteiger partial charge in [0.05, 0.1) is 23.7 Å². The molecule has 2 aromatic rings. The first kappa shape index (κ1) is 22.7. The summed E-state index contributed by atoms with van der Waals surface area (Å²) < 4.78 is 39.8. The van der Waals surface area contributed by atoms with Gasteiger partial charge in [0, 0.05) is 31.1 Å². The summed E-state index contributed by atoms with van der Waals surface area (Å²) in [5.74, 6) is 0.317. The van der Waals surface area contributed by atoms with Crippen LogP contribution < -0.4 is 10.6 Å². The molecule has 1 aromatic heterocycles. The zero-order valence-electron chi connectivity index (χ0n) is 17.8. The predicted molar refractivity (Wildman–Crippen MR) is 114 cm³/mol. The molecule has 3 N–H and O–H groups in total. The number of amides is 1. The van der Waals surface area contributed by atoms with E-state index >= 15 is 0 Å². The van der Waals surface area contributed by atoms with Crippen LogP contribution in [0.25, 0.3) is 10.9 Å². The minimum Gasteiger partial charge on any atom is -0.396 e. The summed E-state index contributed by atoms with van der Waals surface area (Å²) in [6.07, 6.45) is 1.98. The number of aliphatic hydroxyl groups is 1. The van der Waals surface area contributed by atoms with Gasteiger partial charge in [-0.05, 0) is 56.2 Å². The van der Waals surface area contributed by atoms with Crippen LogP contribution in [0, 0.1) is 5.92 Å². The Morgan fingerprint density at radius 1 is 1.19 bits per heavy atom. The second-order valence-corrected chi connectivity index (χ2v) is 8.82. The Bertz CT molecular complexity index is 956. The number of halogens is 3. The molecule has 0 spiro atoms. The molecule has 2 aliphatic rings. The normalized spacial score (nSPS) is 22.6. The highest BCUT2D eigenvalue weighted by atomic mass is 19.4. The largest absolute Gasteiger partial charge is 0.416 e. The van der Waals surface area contributed by atoms with Gasteiger partial charge in [0.25, 0.3) is 0 Å². The van der Waals surface area contributed by atoms with E-state index < -0.39 is 17.6 Å². The first-order chi connectivity index (χ1) is 15.3. The topological polar surface area (TPSA) is 95.6 Å². The SMILES string of the molecule is NC(=O)CN(c1ncnc2ccc(C(F)(F)F)cc12)C1CN(C2CCC(CCO)CC2)C1. The first-order valence-corrected chi connectivity index (χ1v) is 11.0. The molecule has 2 fully saturated rings. The average Bonchev–Trinajstić information content (AvgIpc) is 2.71. The number of aliphatic hydroxyl groups excluding tert-OH is 1. The van der Waals surface area contributed by atoms with Crippen molar-refractivity contribution in [3.8, 4) is 0 Å². The van der Waals surface area contributed by atoms with Gasteiger partial charge in [-0.1, -0.05) is 0 Å². The van der Waals surface area contributed by atoms with E-state index in [2.05, 4.69) is 14.9 Å². The number of nitrogens with zero attached hydrogens (tertiary/aromatic N) is 4. The van der Waals surface area contributed by atoms with Crippen molar-refractivity contribution in [2.75, 3.05) is 31.1 Å². The predicted octanol–water partition coefficient (Wildman–Crippen LogP) is 2.57. The maximum absolute atomic E-state index is 13.3. The second-order valence-electron chi connectivity index (χ2n) is 8.82. The van der Waals surface area contributed by atoms with Crippen LogP contribution in [0.1, 0.15) is 37.7 Å². The quantitative estimate of drug-likeness (QED) is 0.672. The summed E-state index contributed by atoms with van der Waals surface area (Å²) >= 11 is 0. The maximum Gasteiger partial charge on any atom is 0.416 e. The Labute approximate surface area is 184 Å². The number of hydrogen-bond acceptors (Lipinski definition) is 6. The van der Waals surface area contributed by atoms with Gasteiger partial charge < -0.3 is 15.7 Å². The fourth-order valence-electron chi connectivity index (χ4n) is 4.96. The molecule has 1 saturated carbocycles. The average molecular weight is 451 g/mol. The van der Waals surface area contributed by atoms with Crippen LogP contribution in [0.2, 0.25) is 0 Å². The fourth-order valence-corrected chi connectivity index (χ4v) is 4.96. The molecule has 1 aromatic carbocycles. The van der Waals surface area contributed by atoms with Crippen LogP contribution in [-0.4, -0.2) is 64.2 Å². The number of anilines is 1. The number of rotatable bonds is 7. The Morgan fingerprint density at radius 3 is 2.53 bits per heavy atom. The Balaban J connectivity index is 1.53. The van der Waals surface area contributed by atoms with E-state index in [4.69, 9.17) is 10.8 Å². The number of carbonyl (C=O) groups excluding carboxylic acids is 1. The van der Waals surface area contributed by atoms with Crippen molar-refractivity contribution in [1.29, 1.82) is 0 Å². The minimum absolute atomic E-state index is 0.0645. The fraction of sp³-hybridized carbons (Fsp3) is 0.591. The van der Waals surface area contributed by atoms with Crippen LogP contribution in [0.15, 0.2) is 24.5 Å². The Morgan fingerprint density at radius 2 is 1.91 bits per heavy atom. The number of fused-ring (bicyclic) bond motifs is 1. The van der Waals surface area contributed by atoms with E-state index in [-0.39, 0.29) is 24.6 Å². The van der Waals surface area contributed by atoms with E-state index in [1.54, 1.807) is 4.90 Å². The van der Waals surface area contributed by atoms with Crippen molar-refractivity contribution in [2.24, 2.45) is 11.7 Å². The molecule has 0 atom stereocenters. The van der Waals surface area contributed by atoms with Crippen LogP contribution in [0.4, 0.5) is 19.0 Å². The number of carbonyl (C=O) groups is 1. The van der Waals surface area contributed by atoms with Crippen molar-refractivity contribution in [3.63, 3.8) is 0 Å². The molecule has 0 bridgehead atoms. The monoisotopic (exact) mass is 451 g/mol. The number of hydrogen-bond donors (Lipinski definition) is 2. The van der Waals surface area contributed by atoms with Gasteiger partial charge in [0.2, 0.25) is 5.91 Å². The van der Waals surface area contributed by atoms with Crippen LogP contribution >= 0.6 is 0 Å². The zero-order valence-corrected chi connectivity index (χ0v) is 17.8. The lowest BCUT2D eigenvalue weighted by atomic mass is 9.82. The minimum atomic E-state index is -4.49. The van der Waals surface area contributed by atoms with Gasteiger partial charge in [-0.15, -0.1) is 0 Å². The van der Waals surface area contributed by atoms with Crippen LogP contribution in [-0.2, 0) is 11.0 Å². The third-order valence-electron chi connectivity index (χ3n) is 6.74. The zero-order chi connectivity index (χ0) is 22.9. The molecule has 2 heterocycles. The van der Waals surface area contributed by atoms with Gasteiger partial charge in [0.1, 0.15) is 12.1 Å². The van der Waals surface area contributed by atoms with Crippen molar-refractivity contribution < 1.29 is 23.1 Å². The molecule has 174 valence electrons. The van der Waals surface area contributed by atoms with Crippen molar-refractivity contribution >= 4 is 22.6 Å². The summed E-state index contributed by atoms with van der Waals surface area (Å²) in [4.78, 5) is 24.2. The summed E-state index contributed by atoms with van der Waals surface area (Å²) in [5.41, 5.74) is 5.08. The van der Waals surface area contributed by atoms with E-state index in [0.717, 1.165) is 44.2 Å². The lowest BCUT2D eigenvalue weighted by Crippen LogP contribution is -2.64. The Hall–Kier alpha value is -2.46.